The van der Waals surface area contributed by atoms with Crippen molar-refractivity contribution in [1.29, 1.82) is 0 Å². The lowest BCUT2D eigenvalue weighted by molar-refractivity contribution is -0.144. The fourth-order valence-electron chi connectivity index (χ4n) is 4.29. The van der Waals surface area contributed by atoms with Crippen molar-refractivity contribution in [3.63, 3.8) is 0 Å². The number of benzene rings is 1. The van der Waals surface area contributed by atoms with Crippen LogP contribution in [0.5, 0.6) is 5.88 Å². The van der Waals surface area contributed by atoms with Crippen LogP contribution >= 0.6 is 0 Å². The van der Waals surface area contributed by atoms with Crippen LogP contribution < -0.4 is 10.1 Å². The van der Waals surface area contributed by atoms with Crippen LogP contribution in [0.3, 0.4) is 0 Å². The zero-order valence-corrected chi connectivity index (χ0v) is 18.9. The van der Waals surface area contributed by atoms with E-state index in [-0.39, 0.29) is 24.5 Å². The van der Waals surface area contributed by atoms with E-state index in [0.717, 1.165) is 25.6 Å². The monoisotopic (exact) mass is 449 g/mol. The summed E-state index contributed by atoms with van der Waals surface area (Å²) < 4.78 is 45.1. The van der Waals surface area contributed by atoms with Gasteiger partial charge in [0.05, 0.1) is 5.41 Å². The molecule has 0 radical (unpaired) electrons. The highest BCUT2D eigenvalue weighted by molar-refractivity contribution is 5.82. The number of carbonyl (C=O) groups is 1. The molecule has 2 heterocycles. The molecule has 0 aliphatic carbocycles. The van der Waals surface area contributed by atoms with Crippen molar-refractivity contribution in [1.82, 2.24) is 15.2 Å². The van der Waals surface area contributed by atoms with Gasteiger partial charge in [-0.2, -0.15) is 13.2 Å². The minimum atomic E-state index is -4.58. The molecule has 0 saturated carbocycles. The molecule has 2 atom stereocenters. The maximum atomic E-state index is 13.4. The molecule has 3 rings (SSSR count). The molecule has 5 nitrogen and oxygen atoms in total. The summed E-state index contributed by atoms with van der Waals surface area (Å²) in [5.74, 6) is -0.557. The molecule has 0 unspecified atom stereocenters. The van der Waals surface area contributed by atoms with Crippen LogP contribution in [-0.4, -0.2) is 48.6 Å². The van der Waals surface area contributed by atoms with Crippen molar-refractivity contribution in [2.24, 2.45) is 5.41 Å². The lowest BCUT2D eigenvalue weighted by Crippen LogP contribution is -2.53. The minimum Gasteiger partial charge on any atom is -0.476 e. The number of hydrogen-bond acceptors (Lipinski definition) is 4. The van der Waals surface area contributed by atoms with Gasteiger partial charge in [-0.1, -0.05) is 24.3 Å². The summed E-state index contributed by atoms with van der Waals surface area (Å²) >= 11 is 0. The number of alkyl halides is 3. The standard InChI is InChI=1S/C24H30F3N3O2/c1-16-8-5-6-9-17(16)18-14-28-13-11-20(18)30(4)22(31)23(2,3)15-32-21-19(24(25,26)27)10-7-12-29-21/h5-10,12,18,20,28H,11,13-15H2,1-4H3/t18-,20+/m0/s1. The molecule has 1 saturated heterocycles. The first-order valence-corrected chi connectivity index (χ1v) is 10.7. The second-order valence-corrected chi connectivity index (χ2v) is 8.97. The third-order valence-electron chi connectivity index (χ3n) is 6.08. The second kappa shape index (κ2) is 9.48. The van der Waals surface area contributed by atoms with E-state index in [4.69, 9.17) is 4.74 Å². The number of carbonyl (C=O) groups excluding carboxylic acids is 1. The van der Waals surface area contributed by atoms with Crippen molar-refractivity contribution < 1.29 is 22.7 Å². The molecular weight excluding hydrogens is 419 g/mol. The molecule has 1 fully saturated rings. The van der Waals surface area contributed by atoms with Crippen LogP contribution in [0.1, 0.15) is 42.9 Å². The fraction of sp³-hybridized carbons (Fsp3) is 0.500. The van der Waals surface area contributed by atoms with Crippen LogP contribution in [0, 0.1) is 12.3 Å². The number of nitrogens with zero attached hydrogens (tertiary/aromatic N) is 2. The van der Waals surface area contributed by atoms with Gasteiger partial charge in [0.1, 0.15) is 12.2 Å². The van der Waals surface area contributed by atoms with Crippen molar-refractivity contribution in [2.75, 3.05) is 26.7 Å². The molecule has 8 heteroatoms. The van der Waals surface area contributed by atoms with Crippen LogP contribution in [0.2, 0.25) is 0 Å². The first-order valence-electron chi connectivity index (χ1n) is 10.7. The number of piperidine rings is 1. The number of amides is 1. The third kappa shape index (κ3) is 5.23. The number of hydrogen-bond donors (Lipinski definition) is 1. The molecule has 0 spiro atoms. The number of aromatic nitrogens is 1. The maximum Gasteiger partial charge on any atom is 0.421 e. The molecule has 1 aliphatic heterocycles. The van der Waals surface area contributed by atoms with Gasteiger partial charge in [0, 0.05) is 31.7 Å². The first-order chi connectivity index (χ1) is 15.0. The molecule has 2 aromatic rings. The Hall–Kier alpha value is -2.61. The Morgan fingerprint density at radius 3 is 2.62 bits per heavy atom. The molecule has 0 bridgehead atoms. The van der Waals surface area contributed by atoms with E-state index in [1.165, 1.54) is 23.4 Å². The first kappa shape index (κ1) is 24.0. The van der Waals surface area contributed by atoms with E-state index < -0.39 is 23.0 Å². The molecule has 1 amide bonds. The maximum absolute atomic E-state index is 13.4. The van der Waals surface area contributed by atoms with Gasteiger partial charge < -0.3 is 15.0 Å². The van der Waals surface area contributed by atoms with Crippen LogP contribution in [0.4, 0.5) is 13.2 Å². The van der Waals surface area contributed by atoms with Crippen LogP contribution in [0.15, 0.2) is 42.6 Å². The van der Waals surface area contributed by atoms with Crippen molar-refractivity contribution in [2.45, 2.75) is 45.3 Å². The molecule has 174 valence electrons. The van der Waals surface area contributed by atoms with Crippen molar-refractivity contribution in [3.8, 4) is 5.88 Å². The number of aryl methyl sites for hydroxylation is 1. The number of ether oxygens (including phenoxy) is 1. The van der Waals surface area contributed by atoms with Crippen LogP contribution in [-0.2, 0) is 11.0 Å². The minimum absolute atomic E-state index is 0.0234. The number of pyridine rings is 1. The summed E-state index contributed by atoms with van der Waals surface area (Å²) in [6, 6.07) is 10.3. The summed E-state index contributed by atoms with van der Waals surface area (Å²) in [5, 5.41) is 3.41. The lowest BCUT2D eigenvalue weighted by atomic mass is 9.82. The average Bonchev–Trinajstić information content (AvgIpc) is 2.76. The SMILES string of the molecule is Cc1ccccc1[C@@H]1CNCC[C@H]1N(C)C(=O)C(C)(C)COc1ncccc1C(F)(F)F. The van der Waals surface area contributed by atoms with E-state index in [1.807, 2.05) is 12.1 Å². The Morgan fingerprint density at radius 1 is 1.22 bits per heavy atom. The zero-order chi connectivity index (χ0) is 23.5. The summed E-state index contributed by atoms with van der Waals surface area (Å²) in [6.45, 7) is 6.77. The van der Waals surface area contributed by atoms with E-state index >= 15 is 0 Å². The zero-order valence-electron chi connectivity index (χ0n) is 18.9. The van der Waals surface area contributed by atoms with E-state index in [0.29, 0.717) is 0 Å². The molecule has 1 aromatic heterocycles. The number of rotatable bonds is 6. The molecule has 1 aromatic carbocycles. The number of likely N-dealkylation sites (N-methyl/N-ethyl adjacent to an activating group) is 1. The Bertz CT molecular complexity index is 946. The number of halogens is 3. The quantitative estimate of drug-likeness (QED) is 0.710. The highest BCUT2D eigenvalue weighted by atomic mass is 19.4. The van der Waals surface area contributed by atoms with E-state index in [1.54, 1.807) is 25.8 Å². The van der Waals surface area contributed by atoms with Crippen molar-refractivity contribution in [3.05, 3.63) is 59.3 Å². The van der Waals surface area contributed by atoms with Gasteiger partial charge in [-0.25, -0.2) is 4.98 Å². The summed E-state index contributed by atoms with van der Waals surface area (Å²) in [5.41, 5.74) is 0.386. The predicted molar refractivity (Wildman–Crippen MR) is 116 cm³/mol. The molecule has 1 aliphatic rings. The van der Waals surface area contributed by atoms with E-state index in [2.05, 4.69) is 29.4 Å². The molecule has 1 N–H and O–H groups in total. The van der Waals surface area contributed by atoms with E-state index in [9.17, 15) is 18.0 Å². The topological polar surface area (TPSA) is 54.5 Å². The van der Waals surface area contributed by atoms with Gasteiger partial charge in [-0.05, 0) is 57.0 Å². The fourth-order valence-corrected chi connectivity index (χ4v) is 4.29. The number of nitrogens with one attached hydrogen (secondary N) is 1. The summed E-state index contributed by atoms with van der Waals surface area (Å²) in [4.78, 5) is 18.9. The Labute approximate surface area is 187 Å². The normalized spacial score (nSPS) is 19.5. The van der Waals surface area contributed by atoms with Crippen molar-refractivity contribution >= 4 is 5.91 Å². The Kier molecular flexibility index (Phi) is 7.12. The highest BCUT2D eigenvalue weighted by Gasteiger charge is 2.40. The van der Waals surface area contributed by atoms with Crippen LogP contribution in [0.25, 0.3) is 0 Å². The molecule has 32 heavy (non-hydrogen) atoms. The van der Waals surface area contributed by atoms with Gasteiger partial charge in [0.25, 0.3) is 0 Å². The lowest BCUT2D eigenvalue weighted by Gasteiger charge is -2.42. The van der Waals surface area contributed by atoms with Gasteiger partial charge in [0.2, 0.25) is 11.8 Å². The summed E-state index contributed by atoms with van der Waals surface area (Å²) in [7, 11) is 1.77. The third-order valence-corrected chi connectivity index (χ3v) is 6.08. The largest absolute Gasteiger partial charge is 0.476 e. The highest BCUT2D eigenvalue weighted by Crippen LogP contribution is 2.36. The summed E-state index contributed by atoms with van der Waals surface area (Å²) in [6.07, 6.45) is -2.55. The average molecular weight is 450 g/mol. The smallest absolute Gasteiger partial charge is 0.421 e. The Balaban J connectivity index is 1.76. The van der Waals surface area contributed by atoms with Gasteiger partial charge in [-0.3, -0.25) is 4.79 Å². The predicted octanol–water partition coefficient (Wildman–Crippen LogP) is 4.42. The second-order valence-electron chi connectivity index (χ2n) is 8.97. The van der Waals surface area contributed by atoms with Gasteiger partial charge >= 0.3 is 6.18 Å². The van der Waals surface area contributed by atoms with Gasteiger partial charge in [-0.15, -0.1) is 0 Å². The van der Waals surface area contributed by atoms with Gasteiger partial charge in [0.15, 0.2) is 0 Å². The Morgan fingerprint density at radius 2 is 1.94 bits per heavy atom. The molecular formula is C24H30F3N3O2.